The summed E-state index contributed by atoms with van der Waals surface area (Å²) < 4.78 is 0. The van der Waals surface area contributed by atoms with E-state index in [1.54, 1.807) is 0 Å². The van der Waals surface area contributed by atoms with E-state index in [2.05, 4.69) is 47.1 Å². The lowest BCUT2D eigenvalue weighted by Gasteiger charge is -2.25. The number of rotatable bonds is 7. The standard InChI is InChI=1S/C23H31N5/c1-15(17-8-9-17)26-22-20-7-3-6-19(18-10-12-24-13-11-18)21(20)27-23(28-22)25-14-16-4-2-5-16/h3,6-7,10,15-17,24H,2,4-5,8-9,11-14H2,1H3,(H2,25,26,27,28)/t15-/m1/s1. The molecule has 5 nitrogen and oxygen atoms in total. The smallest absolute Gasteiger partial charge is 0.225 e. The minimum Gasteiger partial charge on any atom is -0.367 e. The van der Waals surface area contributed by atoms with Gasteiger partial charge in [0.05, 0.1) is 5.52 Å². The van der Waals surface area contributed by atoms with E-state index in [4.69, 9.17) is 9.97 Å². The van der Waals surface area contributed by atoms with Crippen LogP contribution in [-0.4, -0.2) is 35.6 Å². The summed E-state index contributed by atoms with van der Waals surface area (Å²) in [6.45, 7) is 5.24. The van der Waals surface area contributed by atoms with Crippen molar-refractivity contribution in [3.8, 4) is 0 Å². The molecule has 1 aromatic carbocycles. The number of nitrogens with one attached hydrogen (secondary N) is 3. The first-order valence-electron chi connectivity index (χ1n) is 11.0. The van der Waals surface area contributed by atoms with Crippen LogP contribution < -0.4 is 16.0 Å². The minimum absolute atomic E-state index is 0.458. The van der Waals surface area contributed by atoms with E-state index in [0.29, 0.717) is 6.04 Å². The lowest BCUT2D eigenvalue weighted by Crippen LogP contribution is -2.23. The molecule has 28 heavy (non-hydrogen) atoms. The van der Waals surface area contributed by atoms with Crippen LogP contribution in [0.4, 0.5) is 11.8 Å². The average molecular weight is 378 g/mol. The first-order chi connectivity index (χ1) is 13.8. The highest BCUT2D eigenvalue weighted by molar-refractivity contribution is 5.97. The van der Waals surface area contributed by atoms with Crippen molar-refractivity contribution in [3.63, 3.8) is 0 Å². The molecule has 1 atom stereocenters. The van der Waals surface area contributed by atoms with Crippen molar-refractivity contribution in [2.45, 2.75) is 51.5 Å². The molecule has 0 radical (unpaired) electrons. The predicted molar refractivity (Wildman–Crippen MR) is 117 cm³/mol. The zero-order chi connectivity index (χ0) is 18.9. The SMILES string of the molecule is C[C@@H](Nc1nc(NCC2CCC2)nc2c(C3=CCNCC3)cccc12)C1CC1. The highest BCUT2D eigenvalue weighted by Gasteiger charge is 2.29. The summed E-state index contributed by atoms with van der Waals surface area (Å²) in [6, 6.07) is 6.99. The third kappa shape index (κ3) is 3.72. The second-order valence-corrected chi connectivity index (χ2v) is 8.73. The Morgan fingerprint density at radius 2 is 2.07 bits per heavy atom. The molecular weight excluding hydrogens is 346 g/mol. The number of anilines is 2. The maximum Gasteiger partial charge on any atom is 0.225 e. The van der Waals surface area contributed by atoms with Crippen LogP contribution in [0.1, 0.15) is 51.0 Å². The summed E-state index contributed by atoms with van der Waals surface area (Å²) >= 11 is 0. The molecule has 148 valence electrons. The molecule has 3 aliphatic rings. The number of para-hydroxylation sites is 1. The molecule has 0 amide bonds. The van der Waals surface area contributed by atoms with Gasteiger partial charge in [-0.25, -0.2) is 4.98 Å². The van der Waals surface area contributed by atoms with Crippen LogP contribution in [0, 0.1) is 11.8 Å². The molecule has 2 saturated carbocycles. The average Bonchev–Trinajstić information content (AvgIpc) is 3.52. The van der Waals surface area contributed by atoms with E-state index in [0.717, 1.165) is 60.6 Å². The number of benzene rings is 1. The van der Waals surface area contributed by atoms with Gasteiger partial charge in [-0.15, -0.1) is 0 Å². The van der Waals surface area contributed by atoms with Crippen molar-refractivity contribution in [1.82, 2.24) is 15.3 Å². The third-order valence-corrected chi connectivity index (χ3v) is 6.60. The molecule has 3 N–H and O–H groups in total. The van der Waals surface area contributed by atoms with Gasteiger partial charge in [-0.1, -0.05) is 24.6 Å². The Balaban J connectivity index is 1.53. The lowest BCUT2D eigenvalue weighted by atomic mass is 9.85. The number of hydrogen-bond donors (Lipinski definition) is 3. The lowest BCUT2D eigenvalue weighted by molar-refractivity contribution is 0.333. The molecule has 0 spiro atoms. The Hall–Kier alpha value is -2.14. The Kier molecular flexibility index (Phi) is 4.93. The van der Waals surface area contributed by atoms with Crippen molar-refractivity contribution in [2.75, 3.05) is 30.3 Å². The summed E-state index contributed by atoms with van der Waals surface area (Å²) in [7, 11) is 0. The summed E-state index contributed by atoms with van der Waals surface area (Å²) in [5.41, 5.74) is 3.73. The molecule has 2 aliphatic carbocycles. The zero-order valence-corrected chi connectivity index (χ0v) is 16.8. The highest BCUT2D eigenvalue weighted by Crippen LogP contribution is 2.36. The zero-order valence-electron chi connectivity index (χ0n) is 16.8. The third-order valence-electron chi connectivity index (χ3n) is 6.60. The fourth-order valence-electron chi connectivity index (χ4n) is 4.33. The molecule has 5 rings (SSSR count). The van der Waals surface area contributed by atoms with Gasteiger partial charge in [-0.3, -0.25) is 0 Å². The normalized spacial score (nSPS) is 21.1. The Labute approximate surface area is 167 Å². The van der Waals surface area contributed by atoms with Crippen molar-refractivity contribution in [3.05, 3.63) is 29.8 Å². The summed E-state index contributed by atoms with van der Waals surface area (Å²) in [5.74, 6) is 3.32. The molecule has 2 aromatic rings. The van der Waals surface area contributed by atoms with E-state index >= 15 is 0 Å². The van der Waals surface area contributed by atoms with Crippen LogP contribution in [0.2, 0.25) is 0 Å². The van der Waals surface area contributed by atoms with Crippen LogP contribution in [-0.2, 0) is 0 Å². The minimum atomic E-state index is 0.458. The van der Waals surface area contributed by atoms with Crippen LogP contribution in [0.3, 0.4) is 0 Å². The van der Waals surface area contributed by atoms with Crippen LogP contribution in [0.15, 0.2) is 24.3 Å². The fraction of sp³-hybridized carbons (Fsp3) is 0.565. The van der Waals surface area contributed by atoms with Gasteiger partial charge in [0.2, 0.25) is 5.95 Å². The van der Waals surface area contributed by atoms with Gasteiger partial charge in [-0.2, -0.15) is 4.98 Å². The van der Waals surface area contributed by atoms with Gasteiger partial charge in [0.25, 0.3) is 0 Å². The first-order valence-corrected chi connectivity index (χ1v) is 11.0. The van der Waals surface area contributed by atoms with Gasteiger partial charge < -0.3 is 16.0 Å². The topological polar surface area (TPSA) is 61.9 Å². The Morgan fingerprint density at radius 1 is 1.18 bits per heavy atom. The van der Waals surface area contributed by atoms with Crippen molar-refractivity contribution >= 4 is 28.2 Å². The van der Waals surface area contributed by atoms with Gasteiger partial charge in [-0.05, 0) is 69.0 Å². The van der Waals surface area contributed by atoms with E-state index in [-0.39, 0.29) is 0 Å². The van der Waals surface area contributed by atoms with Gasteiger partial charge in [0.1, 0.15) is 5.82 Å². The van der Waals surface area contributed by atoms with Gasteiger partial charge >= 0.3 is 0 Å². The second kappa shape index (κ2) is 7.70. The quantitative estimate of drug-likeness (QED) is 0.666. The van der Waals surface area contributed by atoms with Crippen molar-refractivity contribution in [2.24, 2.45) is 11.8 Å². The molecule has 5 heteroatoms. The molecule has 1 aromatic heterocycles. The van der Waals surface area contributed by atoms with E-state index in [1.807, 2.05) is 0 Å². The first kappa shape index (κ1) is 17.9. The molecule has 0 saturated heterocycles. The summed E-state index contributed by atoms with van der Waals surface area (Å²) in [4.78, 5) is 9.89. The van der Waals surface area contributed by atoms with Gasteiger partial charge in [0.15, 0.2) is 0 Å². The van der Waals surface area contributed by atoms with Crippen LogP contribution in [0.25, 0.3) is 16.5 Å². The molecule has 2 heterocycles. The van der Waals surface area contributed by atoms with Crippen LogP contribution >= 0.6 is 0 Å². The van der Waals surface area contributed by atoms with E-state index in [9.17, 15) is 0 Å². The Morgan fingerprint density at radius 3 is 2.79 bits per heavy atom. The molecule has 0 unspecified atom stereocenters. The molecule has 0 bridgehead atoms. The molecular formula is C23H31N5. The molecule has 2 fully saturated rings. The van der Waals surface area contributed by atoms with E-state index < -0.39 is 0 Å². The number of fused-ring (bicyclic) bond motifs is 1. The Bertz CT molecular complexity index is 882. The van der Waals surface area contributed by atoms with Gasteiger partial charge in [0, 0.05) is 30.1 Å². The predicted octanol–water partition coefficient (Wildman–Crippen LogP) is 4.43. The van der Waals surface area contributed by atoms with Crippen molar-refractivity contribution < 1.29 is 0 Å². The van der Waals surface area contributed by atoms with Crippen molar-refractivity contribution in [1.29, 1.82) is 0 Å². The van der Waals surface area contributed by atoms with E-state index in [1.165, 1.54) is 43.2 Å². The highest BCUT2D eigenvalue weighted by atomic mass is 15.2. The summed E-state index contributed by atoms with van der Waals surface area (Å²) in [6.07, 6.45) is 10.0. The monoisotopic (exact) mass is 377 g/mol. The second-order valence-electron chi connectivity index (χ2n) is 8.73. The number of hydrogen-bond acceptors (Lipinski definition) is 5. The number of aromatic nitrogens is 2. The maximum absolute atomic E-state index is 4.99. The maximum atomic E-state index is 4.99. The number of nitrogens with zero attached hydrogens (tertiary/aromatic N) is 2. The molecule has 1 aliphatic heterocycles. The van der Waals surface area contributed by atoms with Crippen LogP contribution in [0.5, 0.6) is 0 Å². The fourth-order valence-corrected chi connectivity index (χ4v) is 4.33. The summed E-state index contributed by atoms with van der Waals surface area (Å²) in [5, 5.41) is 11.8. The largest absolute Gasteiger partial charge is 0.367 e.